The molecule has 0 saturated carbocycles. The molecule has 0 heterocycles. The highest BCUT2D eigenvalue weighted by Crippen LogP contribution is 2.21. The lowest BCUT2D eigenvalue weighted by Gasteiger charge is -2.04. The topological polar surface area (TPSA) is 0 Å². The van der Waals surface area contributed by atoms with Crippen molar-refractivity contribution in [1.82, 2.24) is 0 Å². The molecule has 0 atom stereocenters. The van der Waals surface area contributed by atoms with Gasteiger partial charge >= 0.3 is 0 Å². The molecule has 0 spiro atoms. The van der Waals surface area contributed by atoms with E-state index in [9.17, 15) is 4.39 Å². The van der Waals surface area contributed by atoms with Crippen molar-refractivity contribution in [2.75, 3.05) is 0 Å². The van der Waals surface area contributed by atoms with Crippen LogP contribution >= 0.6 is 0 Å². The summed E-state index contributed by atoms with van der Waals surface area (Å²) in [6, 6.07) is 14.8. The predicted octanol–water partition coefficient (Wildman–Crippen LogP) is 4.61. The van der Waals surface area contributed by atoms with Crippen LogP contribution in [0.15, 0.2) is 60.7 Å². The molecule has 0 aliphatic rings. The third-order valence-electron chi connectivity index (χ3n) is 2.62. The van der Waals surface area contributed by atoms with Crippen molar-refractivity contribution in [3.63, 3.8) is 0 Å². The summed E-state index contributed by atoms with van der Waals surface area (Å²) < 4.78 is 13.1. The Morgan fingerprint density at radius 1 is 1.06 bits per heavy atom. The lowest BCUT2D eigenvalue weighted by molar-refractivity contribution is 0.628. The van der Waals surface area contributed by atoms with E-state index in [-0.39, 0.29) is 5.82 Å². The first-order valence-electron chi connectivity index (χ1n) is 5.64. The first kappa shape index (κ1) is 11.6. The van der Waals surface area contributed by atoms with E-state index in [1.165, 1.54) is 11.6 Å². The Morgan fingerprint density at radius 3 is 2.35 bits per heavy atom. The quantitative estimate of drug-likeness (QED) is 0.670. The van der Waals surface area contributed by atoms with Crippen LogP contribution in [0.25, 0.3) is 11.1 Å². The number of allylic oxidation sites excluding steroid dienone is 1. The van der Waals surface area contributed by atoms with Crippen LogP contribution in [0, 0.1) is 5.82 Å². The van der Waals surface area contributed by atoms with Crippen LogP contribution < -0.4 is 0 Å². The zero-order valence-corrected chi connectivity index (χ0v) is 9.91. The molecule has 0 aliphatic heterocycles. The summed E-state index contributed by atoms with van der Waals surface area (Å²) in [6.07, 6.45) is 0.892. The fraction of sp³-hybridized carbons (Fsp3) is 0.125. The molecule has 0 nitrogen and oxygen atoms in total. The van der Waals surface area contributed by atoms with Crippen molar-refractivity contribution in [2.24, 2.45) is 0 Å². The van der Waals surface area contributed by atoms with Gasteiger partial charge in [-0.2, -0.15) is 0 Å². The minimum atomic E-state index is -0.200. The van der Waals surface area contributed by atoms with E-state index in [0.717, 1.165) is 23.1 Å². The van der Waals surface area contributed by atoms with Gasteiger partial charge in [-0.15, -0.1) is 0 Å². The maximum Gasteiger partial charge on any atom is 0.123 e. The number of hydrogen-bond acceptors (Lipinski definition) is 0. The van der Waals surface area contributed by atoms with E-state index in [0.29, 0.717) is 0 Å². The van der Waals surface area contributed by atoms with Crippen LogP contribution in [-0.4, -0.2) is 0 Å². The Morgan fingerprint density at radius 2 is 1.76 bits per heavy atom. The van der Waals surface area contributed by atoms with Gasteiger partial charge in [0.15, 0.2) is 0 Å². The molecule has 0 aromatic heterocycles. The van der Waals surface area contributed by atoms with E-state index in [1.54, 1.807) is 12.1 Å². The van der Waals surface area contributed by atoms with Crippen LogP contribution in [0.1, 0.15) is 12.5 Å². The van der Waals surface area contributed by atoms with Crippen LogP contribution in [-0.2, 0) is 6.42 Å². The smallest absolute Gasteiger partial charge is 0.123 e. The molecular weight excluding hydrogens is 211 g/mol. The van der Waals surface area contributed by atoms with Gasteiger partial charge in [0.05, 0.1) is 0 Å². The van der Waals surface area contributed by atoms with Crippen LogP contribution in [0.3, 0.4) is 0 Å². The molecule has 86 valence electrons. The van der Waals surface area contributed by atoms with Crippen molar-refractivity contribution in [3.8, 4) is 11.1 Å². The molecule has 0 fully saturated rings. The zero-order chi connectivity index (χ0) is 12.3. The summed E-state index contributed by atoms with van der Waals surface area (Å²) in [6.45, 7) is 5.91. The second-order valence-corrected chi connectivity index (χ2v) is 4.34. The molecule has 0 radical (unpaired) electrons. The Labute approximate surface area is 101 Å². The van der Waals surface area contributed by atoms with E-state index in [4.69, 9.17) is 0 Å². The van der Waals surface area contributed by atoms with Crippen molar-refractivity contribution >= 4 is 0 Å². The summed E-state index contributed by atoms with van der Waals surface area (Å²) in [5.74, 6) is -0.200. The minimum absolute atomic E-state index is 0.200. The lowest BCUT2D eigenvalue weighted by atomic mass is 10.0. The molecule has 1 heteroatoms. The summed E-state index contributed by atoms with van der Waals surface area (Å²) in [4.78, 5) is 0. The Kier molecular flexibility index (Phi) is 3.38. The number of hydrogen-bond donors (Lipinski definition) is 0. The van der Waals surface area contributed by atoms with Gasteiger partial charge in [-0.1, -0.05) is 48.6 Å². The fourth-order valence-electron chi connectivity index (χ4n) is 1.83. The van der Waals surface area contributed by atoms with Gasteiger partial charge in [-0.25, -0.2) is 4.39 Å². The third kappa shape index (κ3) is 3.04. The van der Waals surface area contributed by atoms with Gasteiger partial charge in [-0.05, 0) is 42.2 Å². The zero-order valence-electron chi connectivity index (χ0n) is 9.91. The number of rotatable bonds is 3. The second kappa shape index (κ2) is 4.96. The Hall–Kier alpha value is -1.89. The first-order chi connectivity index (χ1) is 8.15. The monoisotopic (exact) mass is 226 g/mol. The van der Waals surface area contributed by atoms with Crippen molar-refractivity contribution in [1.29, 1.82) is 0 Å². The number of halogens is 1. The van der Waals surface area contributed by atoms with Gasteiger partial charge in [0.25, 0.3) is 0 Å². The highest BCUT2D eigenvalue weighted by Gasteiger charge is 1.99. The molecule has 0 bridgehead atoms. The number of benzene rings is 2. The van der Waals surface area contributed by atoms with Gasteiger partial charge in [0.1, 0.15) is 5.82 Å². The molecule has 2 rings (SSSR count). The maximum atomic E-state index is 13.1. The third-order valence-corrected chi connectivity index (χ3v) is 2.62. The van der Waals surface area contributed by atoms with Crippen LogP contribution in [0.5, 0.6) is 0 Å². The molecule has 17 heavy (non-hydrogen) atoms. The summed E-state index contributed by atoms with van der Waals surface area (Å²) in [5, 5.41) is 0. The highest BCUT2D eigenvalue weighted by atomic mass is 19.1. The average molecular weight is 226 g/mol. The largest absolute Gasteiger partial charge is 0.207 e. The van der Waals surface area contributed by atoms with E-state index in [1.807, 2.05) is 25.1 Å². The van der Waals surface area contributed by atoms with Gasteiger partial charge in [0, 0.05) is 0 Å². The fourth-order valence-corrected chi connectivity index (χ4v) is 1.83. The van der Waals surface area contributed by atoms with Gasteiger partial charge in [-0.3, -0.25) is 0 Å². The Bertz CT molecular complexity index is 523. The highest BCUT2D eigenvalue weighted by molar-refractivity contribution is 5.63. The van der Waals surface area contributed by atoms with E-state index >= 15 is 0 Å². The van der Waals surface area contributed by atoms with Crippen molar-refractivity contribution < 1.29 is 4.39 Å². The summed E-state index contributed by atoms with van der Waals surface area (Å²) in [5.41, 5.74) is 4.32. The minimum Gasteiger partial charge on any atom is -0.207 e. The molecule has 0 saturated heterocycles. The van der Waals surface area contributed by atoms with E-state index in [2.05, 4.69) is 18.7 Å². The van der Waals surface area contributed by atoms with E-state index < -0.39 is 0 Å². The summed E-state index contributed by atoms with van der Waals surface area (Å²) in [7, 11) is 0. The van der Waals surface area contributed by atoms with Gasteiger partial charge < -0.3 is 0 Å². The van der Waals surface area contributed by atoms with Crippen LogP contribution in [0.4, 0.5) is 4.39 Å². The van der Waals surface area contributed by atoms with Crippen LogP contribution in [0.2, 0.25) is 0 Å². The molecule has 0 aliphatic carbocycles. The molecule has 0 amide bonds. The molecule has 0 N–H and O–H groups in total. The van der Waals surface area contributed by atoms with Gasteiger partial charge in [0.2, 0.25) is 0 Å². The average Bonchev–Trinajstić information content (AvgIpc) is 2.29. The first-order valence-corrected chi connectivity index (χ1v) is 5.64. The summed E-state index contributed by atoms with van der Waals surface area (Å²) >= 11 is 0. The normalized spacial score (nSPS) is 10.2. The maximum absolute atomic E-state index is 13.1. The van der Waals surface area contributed by atoms with Crippen molar-refractivity contribution in [3.05, 3.63) is 72.1 Å². The lowest BCUT2D eigenvalue weighted by Crippen LogP contribution is -1.86. The SMILES string of the molecule is C=C(C)Cc1ccc(-c2cccc(F)c2)cc1. The molecular formula is C16H15F. The molecule has 2 aromatic rings. The molecule has 2 aromatic carbocycles. The predicted molar refractivity (Wildman–Crippen MR) is 70.4 cm³/mol. The molecule has 0 unspecified atom stereocenters. The standard InChI is InChI=1S/C16H15F/c1-12(2)10-13-6-8-14(9-7-13)15-4-3-5-16(17)11-15/h3-9,11H,1,10H2,2H3. The second-order valence-electron chi connectivity index (χ2n) is 4.34. The van der Waals surface area contributed by atoms with Crippen molar-refractivity contribution in [2.45, 2.75) is 13.3 Å². The Balaban J connectivity index is 2.26.